The maximum Gasteiger partial charge on any atom is 0.0706 e. The zero-order valence-corrected chi connectivity index (χ0v) is 10.7. The lowest BCUT2D eigenvalue weighted by molar-refractivity contribution is 0.556. The monoisotopic (exact) mass is 236 g/mol. The molecule has 2 rings (SSSR count). The molecule has 2 atom stereocenters. The maximum absolute atomic E-state index is 6.10. The summed E-state index contributed by atoms with van der Waals surface area (Å²) in [7, 11) is 1.99. The lowest BCUT2D eigenvalue weighted by Crippen LogP contribution is -2.10. The third-order valence-electron chi connectivity index (χ3n) is 3.13. The molecule has 0 aliphatic rings. The quantitative estimate of drug-likeness (QED) is 0.748. The predicted molar refractivity (Wildman–Crippen MR) is 68.9 cm³/mol. The van der Waals surface area contributed by atoms with E-state index in [9.17, 15) is 0 Å². The van der Waals surface area contributed by atoms with Gasteiger partial charge in [-0.05, 0) is 25.3 Å². The second kappa shape index (κ2) is 4.46. The molecular weight excluding hydrogens is 220 g/mol. The minimum atomic E-state index is 0.181. The number of hydrogen-bond donors (Lipinski definition) is 0. The van der Waals surface area contributed by atoms with Gasteiger partial charge in [0, 0.05) is 17.8 Å². The van der Waals surface area contributed by atoms with E-state index in [0.717, 1.165) is 12.1 Å². The Morgan fingerprint density at radius 1 is 1.31 bits per heavy atom. The number of aromatic nitrogens is 2. The van der Waals surface area contributed by atoms with Gasteiger partial charge in [-0.2, -0.15) is 5.10 Å². The Bertz CT molecular complexity index is 488. The summed E-state index contributed by atoms with van der Waals surface area (Å²) in [6.45, 7) is 4.21. The molecule has 1 heterocycles. The molecule has 86 valence electrons. The van der Waals surface area contributed by atoms with Crippen molar-refractivity contribution in [3.63, 3.8) is 0 Å². The molecule has 0 fully saturated rings. The largest absolute Gasteiger partial charge is 0.268 e. The van der Waals surface area contributed by atoms with Gasteiger partial charge in [-0.3, -0.25) is 4.68 Å². The summed E-state index contributed by atoms with van der Waals surface area (Å²) in [5.41, 5.74) is 2.34. The minimum Gasteiger partial charge on any atom is -0.268 e. The molecule has 0 saturated carbocycles. The molecule has 0 aliphatic heterocycles. The fourth-order valence-corrected chi connectivity index (χ4v) is 2.00. The van der Waals surface area contributed by atoms with Crippen molar-refractivity contribution in [3.05, 3.63) is 30.0 Å². The number of aryl methyl sites for hydroxylation is 1. The van der Waals surface area contributed by atoms with Crippen LogP contribution in [-0.2, 0) is 13.5 Å². The zero-order chi connectivity index (χ0) is 11.7. The Balaban J connectivity index is 2.38. The van der Waals surface area contributed by atoms with Gasteiger partial charge in [-0.15, -0.1) is 11.6 Å². The number of nitrogens with zero attached hydrogens (tertiary/aromatic N) is 2. The van der Waals surface area contributed by atoms with Crippen molar-refractivity contribution in [1.29, 1.82) is 0 Å². The molecule has 0 radical (unpaired) electrons. The fourth-order valence-electron chi connectivity index (χ4n) is 1.91. The summed E-state index contributed by atoms with van der Waals surface area (Å²) in [6.07, 6.45) is 0.937. The molecule has 0 bridgehead atoms. The van der Waals surface area contributed by atoms with Crippen LogP contribution in [0.2, 0.25) is 0 Å². The Labute approximate surface area is 101 Å². The Kier molecular flexibility index (Phi) is 3.20. The number of hydrogen-bond acceptors (Lipinski definition) is 1. The van der Waals surface area contributed by atoms with E-state index in [4.69, 9.17) is 11.6 Å². The molecular formula is C13H17ClN2. The molecule has 0 amide bonds. The van der Waals surface area contributed by atoms with Crippen molar-refractivity contribution in [2.24, 2.45) is 13.0 Å². The van der Waals surface area contributed by atoms with E-state index in [-0.39, 0.29) is 5.38 Å². The van der Waals surface area contributed by atoms with E-state index in [2.05, 4.69) is 30.2 Å². The van der Waals surface area contributed by atoms with Crippen LogP contribution in [0.15, 0.2) is 24.3 Å². The van der Waals surface area contributed by atoms with E-state index in [1.807, 2.05) is 24.7 Å². The first kappa shape index (κ1) is 11.5. The average Bonchev–Trinajstić information content (AvgIpc) is 2.57. The summed E-state index contributed by atoms with van der Waals surface area (Å²) >= 11 is 6.10. The Hall–Kier alpha value is -1.02. The van der Waals surface area contributed by atoms with Crippen LogP contribution in [0.1, 0.15) is 19.5 Å². The average molecular weight is 237 g/mol. The fraction of sp³-hybridized carbons (Fsp3) is 0.462. The lowest BCUT2D eigenvalue weighted by atomic mass is 10.0. The molecule has 16 heavy (non-hydrogen) atoms. The van der Waals surface area contributed by atoms with E-state index in [1.54, 1.807) is 0 Å². The topological polar surface area (TPSA) is 17.8 Å². The van der Waals surface area contributed by atoms with Gasteiger partial charge in [0.2, 0.25) is 0 Å². The van der Waals surface area contributed by atoms with Crippen LogP contribution >= 0.6 is 11.6 Å². The lowest BCUT2D eigenvalue weighted by Gasteiger charge is -2.11. The third-order valence-corrected chi connectivity index (χ3v) is 3.56. The maximum atomic E-state index is 6.10. The Morgan fingerprint density at radius 2 is 2.00 bits per heavy atom. The molecule has 2 unspecified atom stereocenters. The SMILES string of the molecule is CC(Cl)C(C)Cc1nn(C)c2ccccc12. The zero-order valence-electron chi connectivity index (χ0n) is 9.94. The van der Waals surface area contributed by atoms with Gasteiger partial charge in [-0.1, -0.05) is 25.1 Å². The van der Waals surface area contributed by atoms with Crippen molar-refractivity contribution in [3.8, 4) is 0 Å². The second-order valence-electron chi connectivity index (χ2n) is 4.45. The van der Waals surface area contributed by atoms with E-state index in [0.29, 0.717) is 5.92 Å². The number of para-hydroxylation sites is 1. The molecule has 0 N–H and O–H groups in total. The molecule has 2 aromatic rings. The first-order chi connectivity index (χ1) is 7.59. The van der Waals surface area contributed by atoms with Gasteiger partial charge in [0.15, 0.2) is 0 Å². The van der Waals surface area contributed by atoms with Gasteiger partial charge >= 0.3 is 0 Å². The van der Waals surface area contributed by atoms with Crippen LogP contribution in [0, 0.1) is 5.92 Å². The van der Waals surface area contributed by atoms with Crippen molar-refractivity contribution < 1.29 is 0 Å². The van der Waals surface area contributed by atoms with Crippen molar-refractivity contribution in [2.45, 2.75) is 25.6 Å². The molecule has 0 spiro atoms. The van der Waals surface area contributed by atoms with E-state index >= 15 is 0 Å². The van der Waals surface area contributed by atoms with Gasteiger partial charge in [-0.25, -0.2) is 0 Å². The Morgan fingerprint density at radius 3 is 2.69 bits per heavy atom. The second-order valence-corrected chi connectivity index (χ2v) is 5.13. The van der Waals surface area contributed by atoms with Crippen molar-refractivity contribution in [2.75, 3.05) is 0 Å². The minimum absolute atomic E-state index is 0.181. The van der Waals surface area contributed by atoms with Gasteiger partial charge in [0.05, 0.1) is 11.2 Å². The molecule has 1 aromatic heterocycles. The van der Waals surface area contributed by atoms with Crippen molar-refractivity contribution >= 4 is 22.5 Å². The number of alkyl halides is 1. The van der Waals surface area contributed by atoms with Gasteiger partial charge < -0.3 is 0 Å². The summed E-state index contributed by atoms with van der Waals surface area (Å²) in [5, 5.41) is 6.00. The number of rotatable bonds is 3. The van der Waals surface area contributed by atoms with Crippen LogP contribution in [0.3, 0.4) is 0 Å². The summed E-state index contributed by atoms with van der Waals surface area (Å²) in [5.74, 6) is 0.444. The number of halogens is 1. The van der Waals surface area contributed by atoms with Crippen LogP contribution in [0.25, 0.3) is 10.9 Å². The molecule has 0 saturated heterocycles. The summed E-state index contributed by atoms with van der Waals surface area (Å²) < 4.78 is 1.94. The van der Waals surface area contributed by atoms with Crippen LogP contribution < -0.4 is 0 Å². The first-order valence-electron chi connectivity index (χ1n) is 5.64. The predicted octanol–water partition coefficient (Wildman–Crippen LogP) is 3.38. The summed E-state index contributed by atoms with van der Waals surface area (Å²) in [6, 6.07) is 8.33. The first-order valence-corrected chi connectivity index (χ1v) is 6.08. The van der Waals surface area contributed by atoms with Crippen LogP contribution in [0.5, 0.6) is 0 Å². The van der Waals surface area contributed by atoms with Crippen LogP contribution in [0.4, 0.5) is 0 Å². The number of fused-ring (bicyclic) bond motifs is 1. The van der Waals surface area contributed by atoms with Gasteiger partial charge in [0.1, 0.15) is 0 Å². The van der Waals surface area contributed by atoms with Crippen molar-refractivity contribution in [1.82, 2.24) is 9.78 Å². The van der Waals surface area contributed by atoms with Gasteiger partial charge in [0.25, 0.3) is 0 Å². The van der Waals surface area contributed by atoms with E-state index < -0.39 is 0 Å². The highest BCUT2D eigenvalue weighted by Gasteiger charge is 2.14. The summed E-state index contributed by atoms with van der Waals surface area (Å²) in [4.78, 5) is 0. The van der Waals surface area contributed by atoms with E-state index in [1.165, 1.54) is 10.9 Å². The molecule has 0 aliphatic carbocycles. The smallest absolute Gasteiger partial charge is 0.0706 e. The number of benzene rings is 1. The highest BCUT2D eigenvalue weighted by atomic mass is 35.5. The molecule has 2 nitrogen and oxygen atoms in total. The normalized spacial score (nSPS) is 15.2. The highest BCUT2D eigenvalue weighted by molar-refractivity contribution is 6.20. The highest BCUT2D eigenvalue weighted by Crippen LogP contribution is 2.22. The molecule has 1 aromatic carbocycles. The van der Waals surface area contributed by atoms with Crippen LogP contribution in [-0.4, -0.2) is 15.2 Å². The third kappa shape index (κ3) is 2.07. The standard InChI is InChI=1S/C13H17ClN2/c1-9(10(2)14)8-12-11-6-4-5-7-13(11)16(3)15-12/h4-7,9-10H,8H2,1-3H3. The molecule has 3 heteroatoms.